The molecule has 2 aromatic carbocycles. The minimum absolute atomic E-state index is 0.114. The first-order chi connectivity index (χ1) is 14.9. The van der Waals surface area contributed by atoms with Crippen LogP contribution in [0.25, 0.3) is 0 Å². The third kappa shape index (κ3) is 2.97. The van der Waals surface area contributed by atoms with Crippen molar-refractivity contribution in [2.24, 2.45) is 5.92 Å². The van der Waals surface area contributed by atoms with E-state index >= 15 is 0 Å². The fourth-order valence-corrected chi connectivity index (χ4v) is 5.15. The summed E-state index contributed by atoms with van der Waals surface area (Å²) >= 11 is 0. The first kappa shape index (κ1) is 19.8. The summed E-state index contributed by atoms with van der Waals surface area (Å²) in [6.45, 7) is 4.09. The van der Waals surface area contributed by atoms with Gasteiger partial charge in [0.1, 0.15) is 11.9 Å². The predicted molar refractivity (Wildman–Crippen MR) is 114 cm³/mol. The number of para-hydroxylation sites is 1. The first-order valence-electron chi connectivity index (χ1n) is 10.5. The Labute approximate surface area is 181 Å². The Balaban J connectivity index is 1.65. The normalized spacial score (nSPS) is 28.0. The number of ether oxygens (including phenoxy) is 3. The molecule has 3 atom stereocenters. The second-order valence-corrected chi connectivity index (χ2v) is 8.75. The zero-order valence-corrected chi connectivity index (χ0v) is 17.8. The van der Waals surface area contributed by atoms with Gasteiger partial charge in [0.2, 0.25) is 11.7 Å². The van der Waals surface area contributed by atoms with Crippen molar-refractivity contribution in [2.45, 2.75) is 44.1 Å². The quantitative estimate of drug-likeness (QED) is 0.710. The van der Waals surface area contributed by atoms with Gasteiger partial charge in [0.15, 0.2) is 0 Å². The molecule has 0 bridgehead atoms. The molecule has 1 aliphatic carbocycles. The number of hydrogen-bond donors (Lipinski definition) is 0. The third-order valence-corrected chi connectivity index (χ3v) is 6.42. The zero-order valence-electron chi connectivity index (χ0n) is 17.8. The van der Waals surface area contributed by atoms with Crippen molar-refractivity contribution in [3.05, 3.63) is 77.6 Å². The Morgan fingerprint density at radius 2 is 1.84 bits per heavy atom. The average molecular weight is 419 g/mol. The Bertz CT molecular complexity index is 1080. The predicted octanol–water partition coefficient (Wildman–Crippen LogP) is 3.70. The Kier molecular flexibility index (Phi) is 4.45. The molecule has 0 radical (unpaired) electrons. The van der Waals surface area contributed by atoms with Crippen LogP contribution in [0.2, 0.25) is 0 Å². The van der Waals surface area contributed by atoms with E-state index in [-0.39, 0.29) is 5.91 Å². The molecule has 5 rings (SSSR count). The molecule has 1 spiro atoms. The van der Waals surface area contributed by atoms with Crippen LogP contribution in [0.3, 0.4) is 0 Å². The summed E-state index contributed by atoms with van der Waals surface area (Å²) in [4.78, 5) is 28.9. The van der Waals surface area contributed by atoms with Crippen molar-refractivity contribution < 1.29 is 23.8 Å². The van der Waals surface area contributed by atoms with Crippen LogP contribution in [-0.4, -0.2) is 30.9 Å². The van der Waals surface area contributed by atoms with E-state index in [1.54, 1.807) is 11.0 Å². The van der Waals surface area contributed by atoms with Gasteiger partial charge in [0, 0.05) is 26.0 Å². The smallest absolute Gasteiger partial charge is 0.314 e. The van der Waals surface area contributed by atoms with Gasteiger partial charge in [-0.05, 0) is 23.3 Å². The summed E-state index contributed by atoms with van der Waals surface area (Å²) in [5.74, 6) is -1.58. The minimum Gasteiger partial charge on any atom is -0.469 e. The SMILES string of the molecule is COC(=O)[C@H]1C=C2OC(C)(C)O[C@@H]2C[C@]12C(=O)N(Cc1ccccc1)c1ccccc12. The number of methoxy groups -OCH3 is 1. The van der Waals surface area contributed by atoms with Crippen LogP contribution in [0.5, 0.6) is 0 Å². The number of carbonyl (C=O) groups excluding carboxylic acids is 2. The summed E-state index contributed by atoms with van der Waals surface area (Å²) in [7, 11) is 1.35. The number of rotatable bonds is 3. The van der Waals surface area contributed by atoms with Crippen molar-refractivity contribution >= 4 is 17.6 Å². The van der Waals surface area contributed by atoms with Gasteiger partial charge in [-0.1, -0.05) is 48.5 Å². The van der Waals surface area contributed by atoms with Gasteiger partial charge >= 0.3 is 5.97 Å². The number of benzene rings is 2. The van der Waals surface area contributed by atoms with E-state index in [2.05, 4.69) is 0 Å². The van der Waals surface area contributed by atoms with Crippen molar-refractivity contribution in [3.63, 3.8) is 0 Å². The monoisotopic (exact) mass is 419 g/mol. The molecule has 1 amide bonds. The molecule has 1 saturated heterocycles. The van der Waals surface area contributed by atoms with E-state index in [1.807, 2.05) is 68.4 Å². The fourth-order valence-electron chi connectivity index (χ4n) is 5.15. The maximum atomic E-state index is 14.1. The van der Waals surface area contributed by atoms with Crippen molar-refractivity contribution in [2.75, 3.05) is 12.0 Å². The lowest BCUT2D eigenvalue weighted by molar-refractivity contribution is -0.151. The molecule has 6 nitrogen and oxygen atoms in total. The van der Waals surface area contributed by atoms with Gasteiger partial charge < -0.3 is 19.1 Å². The highest BCUT2D eigenvalue weighted by molar-refractivity contribution is 6.11. The summed E-state index contributed by atoms with van der Waals surface area (Å²) in [6.07, 6.45) is 1.66. The standard InChI is InChI=1S/C25H25NO5/c1-24(2)30-20-13-18(22(27)29-3)25(14-21(20)31-24)17-11-7-8-12-19(17)26(23(25)28)15-16-9-5-4-6-10-16/h4-13,18,21H,14-15H2,1-3H3/t18-,21-,25-/m1/s1. The summed E-state index contributed by atoms with van der Waals surface area (Å²) in [5, 5.41) is 0. The largest absolute Gasteiger partial charge is 0.469 e. The van der Waals surface area contributed by atoms with Gasteiger partial charge in [-0.3, -0.25) is 9.59 Å². The van der Waals surface area contributed by atoms with Crippen LogP contribution in [0, 0.1) is 5.92 Å². The number of fused-ring (bicyclic) bond motifs is 3. The number of hydrogen-bond acceptors (Lipinski definition) is 5. The lowest BCUT2D eigenvalue weighted by atomic mass is 9.64. The van der Waals surface area contributed by atoms with Crippen molar-refractivity contribution in [3.8, 4) is 0 Å². The second kappa shape index (κ2) is 6.95. The van der Waals surface area contributed by atoms with Crippen LogP contribution >= 0.6 is 0 Å². The zero-order chi connectivity index (χ0) is 21.8. The molecule has 0 unspecified atom stereocenters. The van der Waals surface area contributed by atoms with Gasteiger partial charge in [-0.2, -0.15) is 0 Å². The molecule has 0 N–H and O–H groups in total. The molecule has 1 fully saturated rings. The molecular formula is C25H25NO5. The van der Waals surface area contributed by atoms with Gasteiger partial charge in [-0.25, -0.2) is 0 Å². The Morgan fingerprint density at radius 1 is 1.13 bits per heavy atom. The highest BCUT2D eigenvalue weighted by Crippen LogP contribution is 2.55. The summed E-state index contributed by atoms with van der Waals surface area (Å²) < 4.78 is 17.2. The summed E-state index contributed by atoms with van der Waals surface area (Å²) in [6, 6.07) is 17.5. The highest BCUT2D eigenvalue weighted by Gasteiger charge is 2.62. The van der Waals surface area contributed by atoms with Crippen molar-refractivity contribution in [1.29, 1.82) is 0 Å². The number of nitrogens with zero attached hydrogens (tertiary/aromatic N) is 1. The average Bonchev–Trinajstić information content (AvgIpc) is 3.19. The summed E-state index contributed by atoms with van der Waals surface area (Å²) in [5.41, 5.74) is 1.57. The van der Waals surface area contributed by atoms with E-state index in [0.717, 1.165) is 16.8 Å². The van der Waals surface area contributed by atoms with E-state index < -0.39 is 29.2 Å². The van der Waals surface area contributed by atoms with Crippen LogP contribution in [-0.2, 0) is 35.8 Å². The minimum atomic E-state index is -1.10. The van der Waals surface area contributed by atoms with Crippen LogP contribution in [0.15, 0.2) is 66.4 Å². The van der Waals surface area contributed by atoms with Gasteiger partial charge in [0.05, 0.1) is 25.0 Å². The molecule has 160 valence electrons. The molecular weight excluding hydrogens is 394 g/mol. The maximum Gasteiger partial charge on any atom is 0.314 e. The second-order valence-electron chi connectivity index (χ2n) is 8.75. The molecule has 2 aliphatic heterocycles. The highest BCUT2D eigenvalue weighted by atomic mass is 16.7. The van der Waals surface area contributed by atoms with E-state index in [0.29, 0.717) is 18.7 Å². The Morgan fingerprint density at radius 3 is 2.58 bits per heavy atom. The van der Waals surface area contributed by atoms with E-state index in [1.165, 1.54) is 7.11 Å². The number of carbonyl (C=O) groups is 2. The third-order valence-electron chi connectivity index (χ3n) is 6.42. The van der Waals surface area contributed by atoms with E-state index in [9.17, 15) is 9.59 Å². The molecule has 0 aromatic heterocycles. The Hall–Kier alpha value is -3.12. The molecule has 0 saturated carbocycles. The topological polar surface area (TPSA) is 65.1 Å². The van der Waals surface area contributed by atoms with Crippen LogP contribution < -0.4 is 4.90 Å². The lowest BCUT2D eigenvalue weighted by Crippen LogP contribution is -2.52. The fraction of sp³-hybridized carbons (Fsp3) is 0.360. The maximum absolute atomic E-state index is 14.1. The number of amides is 1. The van der Waals surface area contributed by atoms with Gasteiger partial charge in [-0.15, -0.1) is 0 Å². The van der Waals surface area contributed by atoms with Crippen LogP contribution in [0.1, 0.15) is 31.4 Å². The first-order valence-corrected chi connectivity index (χ1v) is 10.5. The lowest BCUT2D eigenvalue weighted by Gasteiger charge is -2.38. The van der Waals surface area contributed by atoms with Crippen molar-refractivity contribution in [1.82, 2.24) is 0 Å². The number of esters is 1. The van der Waals surface area contributed by atoms with E-state index in [4.69, 9.17) is 14.2 Å². The molecule has 6 heteroatoms. The van der Waals surface area contributed by atoms with Crippen LogP contribution in [0.4, 0.5) is 5.69 Å². The molecule has 3 aliphatic rings. The number of anilines is 1. The molecule has 2 aromatic rings. The molecule has 2 heterocycles. The van der Waals surface area contributed by atoms with Gasteiger partial charge in [0.25, 0.3) is 0 Å². The molecule has 31 heavy (non-hydrogen) atoms.